The van der Waals surface area contributed by atoms with Crippen LogP contribution in [-0.4, -0.2) is 27.5 Å². The number of esters is 1. The van der Waals surface area contributed by atoms with Crippen LogP contribution in [-0.2, 0) is 11.2 Å². The number of carbonyl (C=O) groups is 1. The Labute approximate surface area is 111 Å². The van der Waals surface area contributed by atoms with Gasteiger partial charge in [-0.3, -0.25) is 4.98 Å². The van der Waals surface area contributed by atoms with Crippen molar-refractivity contribution in [1.29, 1.82) is 0 Å². The second kappa shape index (κ2) is 6.04. The van der Waals surface area contributed by atoms with Gasteiger partial charge in [0.2, 0.25) is 0 Å². The van der Waals surface area contributed by atoms with Crippen molar-refractivity contribution in [3.8, 4) is 0 Å². The van der Waals surface area contributed by atoms with Gasteiger partial charge >= 0.3 is 5.97 Å². The standard InChI is InChI=1S/C14H15N3O2/c1-3-19-14(18)12-9-16-13(17-10(12)2)8-11-6-4-5-7-15-11/h4-7,9H,3,8H2,1-2H3. The molecular formula is C14H15N3O2. The van der Waals surface area contributed by atoms with Crippen LogP contribution in [0.5, 0.6) is 0 Å². The molecule has 2 aromatic rings. The van der Waals surface area contributed by atoms with Gasteiger partial charge in [0.15, 0.2) is 0 Å². The predicted octanol–water partition coefficient (Wildman–Crippen LogP) is 1.95. The SMILES string of the molecule is CCOC(=O)c1cnc(Cc2ccccn2)nc1C. The minimum atomic E-state index is -0.385. The summed E-state index contributed by atoms with van der Waals surface area (Å²) in [6, 6.07) is 5.69. The summed E-state index contributed by atoms with van der Waals surface area (Å²) >= 11 is 0. The minimum absolute atomic E-state index is 0.341. The number of hydrogen-bond acceptors (Lipinski definition) is 5. The van der Waals surface area contributed by atoms with Gasteiger partial charge in [-0.05, 0) is 26.0 Å². The van der Waals surface area contributed by atoms with Crippen molar-refractivity contribution in [2.45, 2.75) is 20.3 Å². The Kier molecular flexibility index (Phi) is 4.18. The van der Waals surface area contributed by atoms with Gasteiger partial charge in [0.1, 0.15) is 5.82 Å². The monoisotopic (exact) mass is 257 g/mol. The fourth-order valence-corrected chi connectivity index (χ4v) is 1.67. The van der Waals surface area contributed by atoms with Crippen molar-refractivity contribution in [2.75, 3.05) is 6.61 Å². The molecule has 0 unspecified atom stereocenters. The van der Waals surface area contributed by atoms with Crippen LogP contribution in [0.2, 0.25) is 0 Å². The lowest BCUT2D eigenvalue weighted by Crippen LogP contribution is -2.10. The van der Waals surface area contributed by atoms with Crippen LogP contribution in [0.4, 0.5) is 0 Å². The lowest BCUT2D eigenvalue weighted by atomic mass is 10.2. The average molecular weight is 257 g/mol. The highest BCUT2D eigenvalue weighted by Gasteiger charge is 2.12. The van der Waals surface area contributed by atoms with Gasteiger partial charge in [0.25, 0.3) is 0 Å². The fraction of sp³-hybridized carbons (Fsp3) is 0.286. The molecule has 2 heterocycles. The Morgan fingerprint density at radius 1 is 1.32 bits per heavy atom. The summed E-state index contributed by atoms with van der Waals surface area (Å²) in [4.78, 5) is 24.3. The summed E-state index contributed by atoms with van der Waals surface area (Å²) < 4.78 is 4.94. The Balaban J connectivity index is 2.17. The first kappa shape index (κ1) is 13.1. The summed E-state index contributed by atoms with van der Waals surface area (Å²) in [6.45, 7) is 3.88. The molecule has 0 radical (unpaired) electrons. The number of carbonyl (C=O) groups excluding carboxylic acids is 1. The Morgan fingerprint density at radius 2 is 2.16 bits per heavy atom. The first-order valence-corrected chi connectivity index (χ1v) is 6.10. The molecule has 0 saturated heterocycles. The van der Waals surface area contributed by atoms with Crippen LogP contribution in [0.1, 0.15) is 34.5 Å². The van der Waals surface area contributed by atoms with Crippen molar-refractivity contribution in [3.05, 3.63) is 53.4 Å². The fourth-order valence-electron chi connectivity index (χ4n) is 1.67. The summed E-state index contributed by atoms with van der Waals surface area (Å²) in [5, 5.41) is 0. The van der Waals surface area contributed by atoms with Gasteiger partial charge in [-0.25, -0.2) is 14.8 Å². The van der Waals surface area contributed by atoms with Gasteiger partial charge in [-0.2, -0.15) is 0 Å². The molecule has 5 nitrogen and oxygen atoms in total. The molecule has 0 aliphatic heterocycles. The van der Waals surface area contributed by atoms with E-state index in [0.29, 0.717) is 30.1 Å². The first-order valence-electron chi connectivity index (χ1n) is 6.10. The lowest BCUT2D eigenvalue weighted by molar-refractivity contribution is 0.0524. The van der Waals surface area contributed by atoms with Crippen molar-refractivity contribution in [2.24, 2.45) is 0 Å². The summed E-state index contributed by atoms with van der Waals surface area (Å²) in [7, 11) is 0. The number of rotatable bonds is 4. The van der Waals surface area contributed by atoms with Gasteiger partial charge in [0.05, 0.1) is 24.3 Å². The van der Waals surface area contributed by atoms with Gasteiger partial charge in [0, 0.05) is 18.1 Å². The molecule has 0 aliphatic carbocycles. The van der Waals surface area contributed by atoms with Crippen molar-refractivity contribution in [1.82, 2.24) is 15.0 Å². The zero-order valence-corrected chi connectivity index (χ0v) is 11.0. The van der Waals surface area contributed by atoms with Crippen LogP contribution in [0.3, 0.4) is 0 Å². The van der Waals surface area contributed by atoms with E-state index in [1.54, 1.807) is 20.0 Å². The molecule has 0 spiro atoms. The highest BCUT2D eigenvalue weighted by atomic mass is 16.5. The minimum Gasteiger partial charge on any atom is -0.462 e. The molecule has 0 saturated carbocycles. The largest absolute Gasteiger partial charge is 0.462 e. The van der Waals surface area contributed by atoms with Crippen LogP contribution >= 0.6 is 0 Å². The lowest BCUT2D eigenvalue weighted by Gasteiger charge is -2.06. The first-order chi connectivity index (χ1) is 9.20. The molecule has 0 aliphatic rings. The third-order valence-electron chi connectivity index (χ3n) is 2.59. The van der Waals surface area contributed by atoms with Gasteiger partial charge in [-0.1, -0.05) is 6.07 Å². The molecule has 0 atom stereocenters. The van der Waals surface area contributed by atoms with E-state index < -0.39 is 0 Å². The van der Waals surface area contributed by atoms with Crippen LogP contribution in [0.15, 0.2) is 30.6 Å². The van der Waals surface area contributed by atoms with Gasteiger partial charge in [-0.15, -0.1) is 0 Å². The molecule has 0 N–H and O–H groups in total. The third-order valence-corrected chi connectivity index (χ3v) is 2.59. The van der Waals surface area contributed by atoms with E-state index in [9.17, 15) is 4.79 Å². The predicted molar refractivity (Wildman–Crippen MR) is 69.8 cm³/mol. The van der Waals surface area contributed by atoms with E-state index in [1.807, 2.05) is 18.2 Å². The Bertz CT molecular complexity index is 570. The second-order valence-corrected chi connectivity index (χ2v) is 4.00. The maximum absolute atomic E-state index is 11.6. The van der Waals surface area contributed by atoms with E-state index in [1.165, 1.54) is 6.20 Å². The normalized spacial score (nSPS) is 10.2. The molecular weight excluding hydrogens is 242 g/mol. The number of nitrogens with zero attached hydrogens (tertiary/aromatic N) is 3. The maximum atomic E-state index is 11.6. The van der Waals surface area contributed by atoms with E-state index in [-0.39, 0.29) is 5.97 Å². The zero-order valence-electron chi connectivity index (χ0n) is 11.0. The summed E-state index contributed by atoms with van der Waals surface area (Å²) in [6.07, 6.45) is 3.79. The van der Waals surface area contributed by atoms with Crippen molar-refractivity contribution >= 4 is 5.97 Å². The number of hydrogen-bond donors (Lipinski definition) is 0. The topological polar surface area (TPSA) is 65.0 Å². The van der Waals surface area contributed by atoms with E-state index in [0.717, 1.165) is 5.69 Å². The summed E-state index contributed by atoms with van der Waals surface area (Å²) in [5.74, 6) is 0.258. The Hall–Kier alpha value is -2.30. The van der Waals surface area contributed by atoms with Gasteiger partial charge < -0.3 is 4.74 Å². The molecule has 0 amide bonds. The molecule has 0 aromatic carbocycles. The zero-order chi connectivity index (χ0) is 13.7. The molecule has 2 aromatic heterocycles. The number of aryl methyl sites for hydroxylation is 1. The highest BCUT2D eigenvalue weighted by molar-refractivity contribution is 5.90. The number of ether oxygens (including phenoxy) is 1. The third kappa shape index (κ3) is 3.34. The highest BCUT2D eigenvalue weighted by Crippen LogP contribution is 2.08. The van der Waals surface area contributed by atoms with Crippen LogP contribution < -0.4 is 0 Å². The Morgan fingerprint density at radius 3 is 2.79 bits per heavy atom. The second-order valence-electron chi connectivity index (χ2n) is 4.00. The quantitative estimate of drug-likeness (QED) is 0.783. The van der Waals surface area contributed by atoms with Crippen LogP contribution in [0, 0.1) is 6.92 Å². The average Bonchev–Trinajstić information content (AvgIpc) is 2.40. The molecule has 5 heteroatoms. The smallest absolute Gasteiger partial charge is 0.341 e. The number of pyridine rings is 1. The number of aromatic nitrogens is 3. The molecule has 0 bridgehead atoms. The van der Waals surface area contributed by atoms with Crippen molar-refractivity contribution < 1.29 is 9.53 Å². The van der Waals surface area contributed by atoms with Crippen LogP contribution in [0.25, 0.3) is 0 Å². The molecule has 19 heavy (non-hydrogen) atoms. The molecule has 2 rings (SSSR count). The summed E-state index contributed by atoms with van der Waals surface area (Å²) in [5.41, 5.74) is 1.93. The van der Waals surface area contributed by atoms with E-state index in [2.05, 4.69) is 15.0 Å². The molecule has 0 fully saturated rings. The van der Waals surface area contributed by atoms with E-state index in [4.69, 9.17) is 4.74 Å². The molecule has 98 valence electrons. The van der Waals surface area contributed by atoms with Crippen molar-refractivity contribution in [3.63, 3.8) is 0 Å². The van der Waals surface area contributed by atoms with E-state index >= 15 is 0 Å². The maximum Gasteiger partial charge on any atom is 0.341 e.